The number of hydrogen-bond acceptors (Lipinski definition) is 6. The maximum absolute atomic E-state index is 10.7. The third kappa shape index (κ3) is 4.89. The van der Waals surface area contributed by atoms with Gasteiger partial charge < -0.3 is 9.15 Å². The molecule has 4 aromatic rings. The number of fused-ring (bicyclic) bond motifs is 2. The van der Waals surface area contributed by atoms with E-state index in [0.717, 1.165) is 10.9 Å². The minimum atomic E-state index is -3.97. The van der Waals surface area contributed by atoms with Gasteiger partial charge in [0.05, 0.1) is 17.9 Å². The van der Waals surface area contributed by atoms with Crippen molar-refractivity contribution in [1.82, 2.24) is 9.97 Å². The molecule has 0 atom stereocenters. The molecule has 0 amide bonds. The van der Waals surface area contributed by atoms with E-state index in [1.165, 1.54) is 0 Å². The van der Waals surface area contributed by atoms with Crippen molar-refractivity contribution in [3.05, 3.63) is 54.6 Å². The normalized spacial score (nSPS) is 11.5. The molecule has 0 fully saturated rings. The van der Waals surface area contributed by atoms with Crippen molar-refractivity contribution < 1.29 is 22.1 Å². The summed E-state index contributed by atoms with van der Waals surface area (Å²) in [5, 5.41) is 1.04. The molecular formula is C19H17N2NaO5S. The van der Waals surface area contributed by atoms with Crippen LogP contribution in [0.3, 0.4) is 0 Å². The Balaban J connectivity index is 0.00000225. The van der Waals surface area contributed by atoms with E-state index in [2.05, 4.69) is 9.97 Å². The first-order valence-electron chi connectivity index (χ1n) is 8.33. The molecule has 0 saturated heterocycles. The molecule has 0 radical (unpaired) electrons. The average Bonchev–Trinajstić information content (AvgIpc) is 3.07. The molecule has 0 spiro atoms. The quantitative estimate of drug-likeness (QED) is 0.297. The SMILES string of the molecule is O=S(=O)(O)CCCOc1ccc2nc(-c3ccc4ccccc4n3)oc2c1.[NaH]. The summed E-state index contributed by atoms with van der Waals surface area (Å²) in [6.07, 6.45) is 0.194. The molecule has 2 heterocycles. The van der Waals surface area contributed by atoms with E-state index >= 15 is 0 Å². The summed E-state index contributed by atoms with van der Waals surface area (Å²) in [5.41, 5.74) is 2.72. The van der Waals surface area contributed by atoms with Crippen molar-refractivity contribution in [3.8, 4) is 17.3 Å². The first-order chi connectivity index (χ1) is 13.0. The average molecular weight is 408 g/mol. The Hall–Kier alpha value is -1.97. The number of benzene rings is 2. The maximum atomic E-state index is 10.7. The molecule has 2 aromatic heterocycles. The summed E-state index contributed by atoms with van der Waals surface area (Å²) in [7, 11) is -3.97. The van der Waals surface area contributed by atoms with Crippen LogP contribution in [-0.2, 0) is 10.1 Å². The van der Waals surface area contributed by atoms with Crippen LogP contribution in [0.15, 0.2) is 59.0 Å². The Morgan fingerprint density at radius 1 is 1.00 bits per heavy atom. The minimum absolute atomic E-state index is 0. The standard InChI is InChI=1S/C19H16N2O5S.Na.H/c22-27(23,24)11-3-10-25-14-7-9-16-18(12-14)26-19(21-16)17-8-6-13-4-1-2-5-15(13)20-17;;/h1-2,4-9,12H,3,10-11H2,(H,22,23,24);;. The third-order valence-corrected chi connectivity index (χ3v) is 4.80. The number of nitrogens with zero attached hydrogens (tertiary/aromatic N) is 2. The number of rotatable bonds is 6. The molecule has 0 saturated carbocycles. The fraction of sp³-hybridized carbons (Fsp3) is 0.158. The van der Waals surface area contributed by atoms with E-state index in [4.69, 9.17) is 13.7 Å². The molecule has 0 unspecified atom stereocenters. The molecule has 7 nitrogen and oxygen atoms in total. The Morgan fingerprint density at radius 2 is 1.82 bits per heavy atom. The first kappa shape index (κ1) is 20.8. The van der Waals surface area contributed by atoms with Gasteiger partial charge >= 0.3 is 29.6 Å². The summed E-state index contributed by atoms with van der Waals surface area (Å²) in [6, 6.07) is 16.8. The van der Waals surface area contributed by atoms with Crippen molar-refractivity contribution in [2.75, 3.05) is 12.4 Å². The molecule has 0 aliphatic heterocycles. The van der Waals surface area contributed by atoms with Crippen LogP contribution in [0.4, 0.5) is 0 Å². The van der Waals surface area contributed by atoms with Gasteiger partial charge in [0.2, 0.25) is 5.89 Å². The van der Waals surface area contributed by atoms with Gasteiger partial charge in [0.25, 0.3) is 10.1 Å². The summed E-state index contributed by atoms with van der Waals surface area (Å²) in [4.78, 5) is 9.04. The summed E-state index contributed by atoms with van der Waals surface area (Å²) in [6.45, 7) is 0.165. The van der Waals surface area contributed by atoms with Crippen LogP contribution in [0.1, 0.15) is 6.42 Å². The van der Waals surface area contributed by atoms with Crippen LogP contribution in [0, 0.1) is 0 Å². The van der Waals surface area contributed by atoms with E-state index in [1.807, 2.05) is 36.4 Å². The second kappa shape index (κ2) is 8.59. The number of aromatic nitrogens is 2. The predicted octanol–water partition coefficient (Wildman–Crippen LogP) is 3.05. The third-order valence-electron chi connectivity index (χ3n) is 3.99. The number of para-hydroxylation sites is 1. The molecule has 1 N–H and O–H groups in total. The van der Waals surface area contributed by atoms with Crippen LogP contribution >= 0.6 is 0 Å². The fourth-order valence-corrected chi connectivity index (χ4v) is 3.20. The second-order valence-corrected chi connectivity index (χ2v) is 7.60. The number of pyridine rings is 1. The number of oxazole rings is 1. The Labute approximate surface area is 183 Å². The van der Waals surface area contributed by atoms with Crippen LogP contribution in [-0.4, -0.2) is 64.9 Å². The van der Waals surface area contributed by atoms with Crippen LogP contribution in [0.5, 0.6) is 5.75 Å². The van der Waals surface area contributed by atoms with Gasteiger partial charge in [-0.05, 0) is 30.7 Å². The zero-order chi connectivity index (χ0) is 18.9. The van der Waals surface area contributed by atoms with Crippen molar-refractivity contribution >= 4 is 61.7 Å². The summed E-state index contributed by atoms with van der Waals surface area (Å²) >= 11 is 0. The zero-order valence-corrected chi connectivity index (χ0v) is 15.0. The fourth-order valence-electron chi connectivity index (χ4n) is 2.72. The van der Waals surface area contributed by atoms with Crippen LogP contribution < -0.4 is 4.74 Å². The van der Waals surface area contributed by atoms with Crippen molar-refractivity contribution in [2.24, 2.45) is 0 Å². The Kier molecular flexibility index (Phi) is 6.36. The van der Waals surface area contributed by atoms with E-state index in [0.29, 0.717) is 28.4 Å². The Bertz CT molecular complexity index is 1220. The zero-order valence-electron chi connectivity index (χ0n) is 14.2. The second-order valence-electron chi connectivity index (χ2n) is 6.03. The van der Waals surface area contributed by atoms with Gasteiger partial charge in [-0.1, -0.05) is 24.3 Å². The number of hydrogen-bond donors (Lipinski definition) is 1. The topological polar surface area (TPSA) is 103 Å². The molecule has 2 aromatic carbocycles. The van der Waals surface area contributed by atoms with Crippen LogP contribution in [0.25, 0.3) is 33.6 Å². The van der Waals surface area contributed by atoms with Crippen molar-refractivity contribution in [3.63, 3.8) is 0 Å². The molecule has 0 aliphatic carbocycles. The van der Waals surface area contributed by atoms with Gasteiger partial charge in [-0.2, -0.15) is 8.42 Å². The van der Waals surface area contributed by atoms with Gasteiger partial charge in [-0.15, -0.1) is 0 Å². The monoisotopic (exact) mass is 408 g/mol. The van der Waals surface area contributed by atoms with Gasteiger partial charge in [0, 0.05) is 11.5 Å². The first-order valence-corrected chi connectivity index (χ1v) is 9.94. The van der Waals surface area contributed by atoms with E-state index in [1.54, 1.807) is 18.2 Å². The Morgan fingerprint density at radius 3 is 2.64 bits per heavy atom. The number of ether oxygens (including phenoxy) is 1. The predicted molar refractivity (Wildman–Crippen MR) is 108 cm³/mol. The molecule has 28 heavy (non-hydrogen) atoms. The van der Waals surface area contributed by atoms with E-state index in [9.17, 15) is 8.42 Å². The van der Waals surface area contributed by atoms with E-state index in [-0.39, 0.29) is 48.3 Å². The van der Waals surface area contributed by atoms with Gasteiger partial charge in [-0.3, -0.25) is 4.55 Å². The molecule has 140 valence electrons. The van der Waals surface area contributed by atoms with Crippen molar-refractivity contribution in [1.29, 1.82) is 0 Å². The van der Waals surface area contributed by atoms with Gasteiger partial charge in [0.1, 0.15) is 17.0 Å². The van der Waals surface area contributed by atoms with Crippen molar-refractivity contribution in [2.45, 2.75) is 6.42 Å². The molecular weight excluding hydrogens is 391 g/mol. The molecule has 0 aliphatic rings. The van der Waals surface area contributed by atoms with E-state index < -0.39 is 10.1 Å². The van der Waals surface area contributed by atoms with Gasteiger partial charge in [-0.25, -0.2) is 9.97 Å². The van der Waals surface area contributed by atoms with Gasteiger partial charge in [0.15, 0.2) is 5.58 Å². The molecule has 9 heteroatoms. The molecule has 0 bridgehead atoms. The summed E-state index contributed by atoms with van der Waals surface area (Å²) in [5.74, 6) is 0.612. The molecule has 4 rings (SSSR count). The summed E-state index contributed by atoms with van der Waals surface area (Å²) < 4.78 is 41.5. The van der Waals surface area contributed by atoms with Crippen LogP contribution in [0.2, 0.25) is 0 Å².